The molecule has 0 radical (unpaired) electrons. The van der Waals surface area contributed by atoms with Crippen molar-refractivity contribution in [3.05, 3.63) is 12.2 Å². The highest BCUT2D eigenvalue weighted by atomic mass is 24.3. The molecule has 0 aromatic carbocycles. The minimum absolute atomic E-state index is 0. The zero-order valence-electron chi connectivity index (χ0n) is 7.52. The van der Waals surface area contributed by atoms with Crippen LogP contribution in [0.2, 0.25) is 0 Å². The van der Waals surface area contributed by atoms with Crippen LogP contribution in [0.3, 0.4) is 0 Å². The Labute approximate surface area is 102 Å². The van der Waals surface area contributed by atoms with Gasteiger partial charge in [-0.15, -0.1) is 0 Å². The summed E-state index contributed by atoms with van der Waals surface area (Å²) in [4.78, 5) is 31.6. The van der Waals surface area contributed by atoms with E-state index >= 15 is 0 Å². The maximum Gasteiger partial charge on any atom is 0.340 e. The van der Waals surface area contributed by atoms with Crippen LogP contribution in [0.5, 0.6) is 0 Å². The van der Waals surface area contributed by atoms with Gasteiger partial charge in [0, 0.05) is 5.57 Å². The van der Waals surface area contributed by atoms with Crippen LogP contribution in [0.4, 0.5) is 0 Å². The lowest BCUT2D eigenvalue weighted by molar-refractivity contribution is -0.162. The summed E-state index contributed by atoms with van der Waals surface area (Å²) in [6.45, 7) is 4.55. The van der Waals surface area contributed by atoms with E-state index in [9.17, 15) is 14.4 Å². The smallest absolute Gasteiger partial charge is 0.340 e. The van der Waals surface area contributed by atoms with Crippen molar-refractivity contribution < 1.29 is 29.3 Å². The summed E-state index contributed by atoms with van der Waals surface area (Å²) < 4.78 is 4.13. The Hall–Kier alpha value is -0.924. The first kappa shape index (κ1) is 16.5. The van der Waals surface area contributed by atoms with Crippen molar-refractivity contribution in [2.45, 2.75) is 19.4 Å². The predicted octanol–water partition coefficient (Wildman–Crippen LogP) is -1.45. The summed E-state index contributed by atoms with van der Waals surface area (Å²) in [6, 6.07) is 0. The van der Waals surface area contributed by atoms with Crippen molar-refractivity contribution in [2.24, 2.45) is 0 Å². The van der Waals surface area contributed by atoms with Gasteiger partial charge in [-0.2, -0.15) is 0 Å². The number of carbonyl (C=O) groups excluding carboxylic acids is 2. The fraction of sp³-hybridized carbons (Fsp3) is 0.375. The number of esters is 2. The maximum absolute atomic E-state index is 10.8. The van der Waals surface area contributed by atoms with Crippen LogP contribution in [0.25, 0.3) is 0 Å². The van der Waals surface area contributed by atoms with E-state index in [2.05, 4.69) is 11.3 Å². The molecule has 7 heteroatoms. The molecule has 0 heterocycles. The molecule has 2 N–H and O–H groups in total. The molecule has 0 spiro atoms. The number of hydrogen-bond acceptors (Lipinski definition) is 5. The van der Waals surface area contributed by atoms with Crippen molar-refractivity contribution in [1.82, 2.24) is 0 Å². The van der Waals surface area contributed by atoms with Gasteiger partial charge >= 0.3 is 41.0 Å². The molecule has 0 bridgehead atoms. The third-order valence-corrected chi connectivity index (χ3v) is 1.20. The van der Waals surface area contributed by atoms with Gasteiger partial charge in [0.05, 0.1) is 6.42 Å². The molecule has 0 aromatic heterocycles. The summed E-state index contributed by atoms with van der Waals surface area (Å²) >= 11 is 0. The topological polar surface area (TPSA) is 101 Å². The first-order valence-corrected chi connectivity index (χ1v) is 3.66. The van der Waals surface area contributed by atoms with Crippen molar-refractivity contribution >= 4 is 41.0 Å². The van der Waals surface area contributed by atoms with Gasteiger partial charge in [0.25, 0.3) is 0 Å². The minimum Gasteiger partial charge on any atom is -0.479 e. The Kier molecular flexibility index (Phi) is 8.12. The van der Waals surface area contributed by atoms with E-state index < -0.39 is 30.4 Å². The van der Waals surface area contributed by atoms with E-state index in [0.29, 0.717) is 0 Å². The second kappa shape index (κ2) is 7.38. The van der Waals surface area contributed by atoms with E-state index in [-0.39, 0.29) is 28.6 Å². The zero-order valence-corrected chi connectivity index (χ0v) is 7.52. The van der Waals surface area contributed by atoms with E-state index in [1.807, 2.05) is 0 Å². The van der Waals surface area contributed by atoms with Gasteiger partial charge in [-0.05, 0) is 6.92 Å². The van der Waals surface area contributed by atoms with Crippen molar-refractivity contribution in [3.8, 4) is 0 Å². The molecule has 0 amide bonds. The lowest BCUT2D eigenvalue weighted by Crippen LogP contribution is -2.25. The van der Waals surface area contributed by atoms with Crippen molar-refractivity contribution in [1.29, 1.82) is 0 Å². The Bertz CT molecular complexity index is 285. The van der Waals surface area contributed by atoms with Crippen LogP contribution in [-0.4, -0.2) is 57.3 Å². The molecule has 0 saturated heterocycles. The van der Waals surface area contributed by atoms with Crippen molar-refractivity contribution in [2.75, 3.05) is 0 Å². The van der Waals surface area contributed by atoms with E-state index in [0.717, 1.165) is 0 Å². The Morgan fingerprint density at radius 3 is 2.20 bits per heavy atom. The van der Waals surface area contributed by atoms with Gasteiger partial charge in [0.1, 0.15) is 0 Å². The average molecular weight is 228 g/mol. The molecule has 1 unspecified atom stereocenters. The van der Waals surface area contributed by atoms with Gasteiger partial charge in [0.2, 0.25) is 0 Å². The van der Waals surface area contributed by atoms with Crippen LogP contribution in [0.15, 0.2) is 12.2 Å². The van der Waals surface area contributed by atoms with Crippen LogP contribution >= 0.6 is 0 Å². The molecule has 6 nitrogen and oxygen atoms in total. The average Bonchev–Trinajstić information content (AvgIpc) is 2.03. The molecule has 15 heavy (non-hydrogen) atoms. The normalized spacial score (nSPS) is 10.8. The Morgan fingerprint density at radius 2 is 1.87 bits per heavy atom. The number of carboxylic acid groups (broad SMARTS) is 1. The zero-order chi connectivity index (χ0) is 11.3. The number of aliphatic hydroxyl groups excluding tert-OH is 1. The quantitative estimate of drug-likeness (QED) is 0.264. The fourth-order valence-corrected chi connectivity index (χ4v) is 0.477. The third-order valence-electron chi connectivity index (χ3n) is 1.20. The van der Waals surface area contributed by atoms with E-state index in [1.165, 1.54) is 6.92 Å². The largest absolute Gasteiger partial charge is 0.479 e. The number of rotatable bonds is 4. The minimum atomic E-state index is -1.86. The molecule has 0 aliphatic heterocycles. The van der Waals surface area contributed by atoms with Gasteiger partial charge in [-0.25, -0.2) is 9.59 Å². The number of hydrogen-bond donors (Lipinski definition) is 2. The predicted molar refractivity (Wildman–Crippen MR) is 52.7 cm³/mol. The fourth-order valence-electron chi connectivity index (χ4n) is 0.477. The first-order chi connectivity index (χ1) is 6.34. The Balaban J connectivity index is 0. The van der Waals surface area contributed by atoms with Crippen LogP contribution in [0.1, 0.15) is 13.3 Å². The van der Waals surface area contributed by atoms with Crippen LogP contribution < -0.4 is 0 Å². The summed E-state index contributed by atoms with van der Waals surface area (Å²) in [5.41, 5.74) is 0.0168. The summed E-state index contributed by atoms with van der Waals surface area (Å²) in [6.07, 6.45) is -2.63. The molecular weight excluding hydrogens is 216 g/mol. The molecule has 0 saturated carbocycles. The van der Waals surface area contributed by atoms with E-state index in [1.54, 1.807) is 0 Å². The number of aliphatic hydroxyl groups is 1. The standard InChI is InChI=1S/C8H10O6.Mg.2H/c1-4(2)8(13)14-6(10)3-5(9)7(11)12;;;/h5,9H,1,3H2,2H3,(H,11,12);;;. The monoisotopic (exact) mass is 228 g/mol. The summed E-state index contributed by atoms with van der Waals surface area (Å²) in [5.74, 6) is -3.59. The van der Waals surface area contributed by atoms with Gasteiger partial charge in [-0.3, -0.25) is 4.79 Å². The second-order valence-electron chi connectivity index (χ2n) is 2.60. The molecule has 1 atom stereocenters. The lowest BCUT2D eigenvalue weighted by atomic mass is 10.2. The molecule has 82 valence electrons. The lowest BCUT2D eigenvalue weighted by Gasteiger charge is -2.04. The molecule has 0 aromatic rings. The van der Waals surface area contributed by atoms with Crippen LogP contribution in [0, 0.1) is 0 Å². The number of aliphatic carboxylic acids is 1. The molecule has 0 aliphatic carbocycles. The number of carbonyl (C=O) groups is 3. The SMILES string of the molecule is C=C(C)C(=O)OC(=O)CC(O)C(=O)O.[MgH2]. The Morgan fingerprint density at radius 1 is 1.40 bits per heavy atom. The maximum atomic E-state index is 10.8. The second-order valence-corrected chi connectivity index (χ2v) is 2.60. The summed E-state index contributed by atoms with van der Waals surface area (Å²) in [7, 11) is 0. The molecule has 0 rings (SSSR count). The highest BCUT2D eigenvalue weighted by Crippen LogP contribution is 1.98. The highest BCUT2D eigenvalue weighted by Gasteiger charge is 2.20. The highest BCUT2D eigenvalue weighted by molar-refractivity contribution is 5.96. The number of ether oxygens (including phenoxy) is 1. The van der Waals surface area contributed by atoms with Gasteiger partial charge < -0.3 is 14.9 Å². The van der Waals surface area contributed by atoms with Crippen LogP contribution in [-0.2, 0) is 19.1 Å². The van der Waals surface area contributed by atoms with E-state index in [4.69, 9.17) is 10.2 Å². The molecule has 0 aliphatic rings. The molecular formula is C8H12MgO6. The molecule has 0 fully saturated rings. The third kappa shape index (κ3) is 7.06. The first-order valence-electron chi connectivity index (χ1n) is 3.66. The van der Waals surface area contributed by atoms with Crippen molar-refractivity contribution in [3.63, 3.8) is 0 Å². The van der Waals surface area contributed by atoms with Gasteiger partial charge in [-0.1, -0.05) is 6.58 Å². The number of carboxylic acids is 1. The van der Waals surface area contributed by atoms with Gasteiger partial charge in [0.15, 0.2) is 6.10 Å². The summed E-state index contributed by atoms with van der Waals surface area (Å²) in [5, 5.41) is 16.9.